The molecule has 0 aliphatic rings. The Bertz CT molecular complexity index is 702. The van der Waals surface area contributed by atoms with Crippen molar-refractivity contribution in [3.05, 3.63) is 18.4 Å². The zero-order valence-corrected chi connectivity index (χ0v) is 13.3. The van der Waals surface area contributed by atoms with Gasteiger partial charge in [0.25, 0.3) is 10.0 Å². The first-order valence-electron chi connectivity index (χ1n) is 6.66. The number of nitrogens with one attached hydrogen (secondary N) is 1. The van der Waals surface area contributed by atoms with Crippen LogP contribution in [-0.2, 0) is 16.6 Å². The average molecular weight is 313 g/mol. The zero-order chi connectivity index (χ0) is 15.6. The summed E-state index contributed by atoms with van der Waals surface area (Å²) in [7, 11) is -3.82. The molecule has 0 aromatic carbocycles. The Morgan fingerprint density at radius 2 is 2.00 bits per heavy atom. The van der Waals surface area contributed by atoms with Crippen LogP contribution in [-0.4, -0.2) is 28.2 Å². The number of rotatable bonds is 6. The summed E-state index contributed by atoms with van der Waals surface area (Å²) >= 11 is 0. The molecule has 21 heavy (non-hydrogen) atoms. The predicted molar refractivity (Wildman–Crippen MR) is 76.3 cm³/mol. The number of nitrogens with zero attached hydrogens (tertiary/aromatic N) is 4. The van der Waals surface area contributed by atoms with Gasteiger partial charge in [0, 0.05) is 18.7 Å². The van der Waals surface area contributed by atoms with Crippen molar-refractivity contribution >= 4 is 16.0 Å². The lowest BCUT2D eigenvalue weighted by molar-refractivity contribution is 0.483. The third kappa shape index (κ3) is 3.81. The van der Waals surface area contributed by atoms with Crippen molar-refractivity contribution in [1.29, 1.82) is 0 Å². The molecule has 0 fully saturated rings. The molecule has 2 aromatic rings. The fourth-order valence-electron chi connectivity index (χ4n) is 1.68. The smallest absolute Gasteiger partial charge is 0.329 e. The fraction of sp³-hybridized carbons (Fsp3) is 0.583. The van der Waals surface area contributed by atoms with Gasteiger partial charge in [0.1, 0.15) is 0 Å². The monoisotopic (exact) mass is 313 g/mol. The van der Waals surface area contributed by atoms with E-state index in [1.54, 1.807) is 4.57 Å². The molecule has 0 aliphatic heterocycles. The zero-order valence-electron chi connectivity index (χ0n) is 12.4. The van der Waals surface area contributed by atoms with Crippen molar-refractivity contribution in [3.8, 4) is 0 Å². The largest absolute Gasteiger partial charge is 0.407 e. The minimum atomic E-state index is -3.82. The Hall–Kier alpha value is -1.90. The van der Waals surface area contributed by atoms with Crippen LogP contribution < -0.4 is 4.72 Å². The maximum absolute atomic E-state index is 12.2. The van der Waals surface area contributed by atoms with Gasteiger partial charge in [-0.2, -0.15) is 8.42 Å². The second-order valence-electron chi connectivity index (χ2n) is 5.51. The van der Waals surface area contributed by atoms with Gasteiger partial charge in [-0.15, -0.1) is 5.10 Å². The second-order valence-corrected chi connectivity index (χ2v) is 7.14. The first-order valence-corrected chi connectivity index (χ1v) is 8.14. The molecule has 0 saturated carbocycles. The number of hydrogen-bond donors (Lipinski definition) is 1. The van der Waals surface area contributed by atoms with Gasteiger partial charge in [-0.1, -0.05) is 32.8 Å². The summed E-state index contributed by atoms with van der Waals surface area (Å²) in [5.74, 6) is 0.797. The number of hydrogen-bond acceptors (Lipinski definition) is 6. The minimum absolute atomic E-state index is 0.0287. The van der Waals surface area contributed by atoms with Crippen molar-refractivity contribution in [2.75, 3.05) is 4.72 Å². The first-order chi connectivity index (χ1) is 9.78. The predicted octanol–water partition coefficient (Wildman–Crippen LogP) is 1.85. The molecular weight excluding hydrogens is 294 g/mol. The number of sulfonamides is 1. The number of imidazole rings is 1. The van der Waals surface area contributed by atoms with E-state index in [9.17, 15) is 8.42 Å². The SMILES string of the molecule is CC(C)Cn1cnc(S(=O)(=O)Nc2nnc(C(C)C)o2)c1. The molecule has 8 nitrogen and oxygen atoms in total. The topological polar surface area (TPSA) is 103 Å². The summed E-state index contributed by atoms with van der Waals surface area (Å²) in [5.41, 5.74) is 0. The van der Waals surface area contributed by atoms with Gasteiger partial charge in [0.05, 0.1) is 6.33 Å². The van der Waals surface area contributed by atoms with Crippen LogP contribution in [0.3, 0.4) is 0 Å². The third-order valence-electron chi connectivity index (χ3n) is 2.62. The van der Waals surface area contributed by atoms with Gasteiger partial charge in [-0.05, 0) is 5.92 Å². The van der Waals surface area contributed by atoms with E-state index < -0.39 is 10.0 Å². The van der Waals surface area contributed by atoms with E-state index in [1.807, 2.05) is 27.7 Å². The molecule has 0 unspecified atom stereocenters. The van der Waals surface area contributed by atoms with Crippen LogP contribution in [0.25, 0.3) is 0 Å². The molecule has 0 saturated heterocycles. The Kier molecular flexibility index (Phi) is 4.31. The average Bonchev–Trinajstić information content (AvgIpc) is 2.97. The Morgan fingerprint density at radius 3 is 2.57 bits per heavy atom. The molecule has 0 bridgehead atoms. The standard InChI is InChI=1S/C12H19N5O3S/c1-8(2)5-17-6-10(13-7-17)21(18,19)16-12-15-14-11(20-12)9(3)4/h6-9H,5H2,1-4H3,(H,15,16). The van der Waals surface area contributed by atoms with Crippen LogP contribution in [0.4, 0.5) is 6.01 Å². The van der Waals surface area contributed by atoms with Crippen LogP contribution >= 0.6 is 0 Å². The molecule has 0 atom stereocenters. The van der Waals surface area contributed by atoms with Gasteiger partial charge in [0.2, 0.25) is 5.89 Å². The van der Waals surface area contributed by atoms with Crippen LogP contribution in [0.5, 0.6) is 0 Å². The van der Waals surface area contributed by atoms with Gasteiger partial charge in [-0.25, -0.2) is 9.71 Å². The van der Waals surface area contributed by atoms with E-state index in [4.69, 9.17) is 4.42 Å². The van der Waals surface area contributed by atoms with E-state index in [0.29, 0.717) is 18.4 Å². The number of anilines is 1. The molecule has 0 spiro atoms. The van der Waals surface area contributed by atoms with E-state index >= 15 is 0 Å². The lowest BCUT2D eigenvalue weighted by Crippen LogP contribution is -2.13. The molecule has 1 N–H and O–H groups in total. The van der Waals surface area contributed by atoms with Gasteiger partial charge in [-0.3, -0.25) is 0 Å². The molecule has 0 aliphatic carbocycles. The first kappa shape index (κ1) is 15.5. The Labute approximate surface area is 123 Å². The van der Waals surface area contributed by atoms with Crippen LogP contribution in [0.1, 0.15) is 39.5 Å². The van der Waals surface area contributed by atoms with Crippen molar-refractivity contribution in [1.82, 2.24) is 19.7 Å². The molecule has 0 radical (unpaired) electrons. The van der Waals surface area contributed by atoms with Crippen LogP contribution in [0.15, 0.2) is 22.0 Å². The molecule has 0 amide bonds. The van der Waals surface area contributed by atoms with Crippen LogP contribution in [0.2, 0.25) is 0 Å². The summed E-state index contributed by atoms with van der Waals surface area (Å²) in [5, 5.41) is 7.35. The summed E-state index contributed by atoms with van der Waals surface area (Å²) in [4.78, 5) is 3.90. The molecular formula is C12H19N5O3S. The molecule has 2 rings (SSSR count). The highest BCUT2D eigenvalue weighted by molar-refractivity contribution is 7.92. The van der Waals surface area contributed by atoms with Gasteiger partial charge >= 0.3 is 6.01 Å². The van der Waals surface area contributed by atoms with Crippen molar-refractivity contribution < 1.29 is 12.8 Å². The highest BCUT2D eigenvalue weighted by Gasteiger charge is 2.21. The van der Waals surface area contributed by atoms with E-state index in [-0.39, 0.29) is 17.0 Å². The summed E-state index contributed by atoms with van der Waals surface area (Å²) < 4.78 is 33.5. The van der Waals surface area contributed by atoms with E-state index in [1.165, 1.54) is 12.5 Å². The maximum Gasteiger partial charge on any atom is 0.329 e. The quantitative estimate of drug-likeness (QED) is 0.873. The number of aromatic nitrogens is 4. The van der Waals surface area contributed by atoms with Gasteiger partial charge in [0.15, 0.2) is 5.03 Å². The highest BCUT2D eigenvalue weighted by Crippen LogP contribution is 2.17. The molecule has 2 aromatic heterocycles. The molecule has 9 heteroatoms. The molecule has 2 heterocycles. The van der Waals surface area contributed by atoms with Gasteiger partial charge < -0.3 is 8.98 Å². The highest BCUT2D eigenvalue weighted by atomic mass is 32.2. The maximum atomic E-state index is 12.2. The minimum Gasteiger partial charge on any atom is -0.407 e. The van der Waals surface area contributed by atoms with Crippen LogP contribution in [0, 0.1) is 5.92 Å². The lowest BCUT2D eigenvalue weighted by atomic mass is 10.2. The fourth-order valence-corrected chi connectivity index (χ4v) is 2.55. The normalized spacial score (nSPS) is 12.3. The van der Waals surface area contributed by atoms with E-state index in [2.05, 4.69) is 19.9 Å². The van der Waals surface area contributed by atoms with E-state index in [0.717, 1.165) is 0 Å². The van der Waals surface area contributed by atoms with Crippen molar-refractivity contribution in [3.63, 3.8) is 0 Å². The molecule has 116 valence electrons. The lowest BCUT2D eigenvalue weighted by Gasteiger charge is -2.04. The summed E-state index contributed by atoms with van der Waals surface area (Å²) in [6, 6.07) is -0.155. The summed E-state index contributed by atoms with van der Waals surface area (Å²) in [6.45, 7) is 8.52. The third-order valence-corrected chi connectivity index (χ3v) is 3.82. The Balaban J connectivity index is 2.15. The summed E-state index contributed by atoms with van der Waals surface area (Å²) in [6.07, 6.45) is 2.96. The second kappa shape index (κ2) is 5.84. The van der Waals surface area contributed by atoms with Crippen molar-refractivity contribution in [2.45, 2.75) is 45.2 Å². The Morgan fingerprint density at radius 1 is 1.29 bits per heavy atom. The van der Waals surface area contributed by atoms with Crippen molar-refractivity contribution in [2.24, 2.45) is 5.92 Å².